The summed E-state index contributed by atoms with van der Waals surface area (Å²) in [7, 11) is 0. The molecule has 0 aliphatic heterocycles. The van der Waals surface area contributed by atoms with Gasteiger partial charge in [-0.25, -0.2) is 0 Å². The lowest BCUT2D eigenvalue weighted by atomic mass is 9.82. The third-order valence-corrected chi connectivity index (χ3v) is 6.03. The van der Waals surface area contributed by atoms with Crippen LogP contribution in [0, 0.1) is 20.8 Å². The molecule has 31 heavy (non-hydrogen) atoms. The molecule has 1 atom stereocenters. The van der Waals surface area contributed by atoms with E-state index in [9.17, 15) is 5.11 Å². The minimum absolute atomic E-state index is 0.544. The standard InChI is InChI=1S/C30H30O/c1-5-28(31)30-27(24-14-8-21(3)9-15-24)19-18-26(23-12-6-20(2)7-13-23)29(30)25-16-10-22(4)11-17-25/h6-19,28,31H,5H2,1-4H3/t28-/m0/s1. The molecule has 4 aromatic rings. The quantitative estimate of drug-likeness (QED) is 0.355. The van der Waals surface area contributed by atoms with Crippen LogP contribution in [0.4, 0.5) is 0 Å². The SMILES string of the molecule is CC[C@H](O)c1c(-c2ccc(C)cc2)ccc(-c2ccc(C)cc2)c1-c1ccc(C)cc1. The Morgan fingerprint density at radius 3 is 1.39 bits per heavy atom. The van der Waals surface area contributed by atoms with Crippen molar-refractivity contribution in [2.75, 3.05) is 0 Å². The molecule has 4 aromatic carbocycles. The van der Waals surface area contributed by atoms with Crippen molar-refractivity contribution in [2.24, 2.45) is 0 Å². The van der Waals surface area contributed by atoms with E-state index in [0.29, 0.717) is 6.42 Å². The van der Waals surface area contributed by atoms with Crippen molar-refractivity contribution >= 4 is 0 Å². The normalized spacial score (nSPS) is 12.0. The molecule has 0 bridgehead atoms. The predicted octanol–water partition coefficient (Wildman–Crippen LogP) is 8.06. The van der Waals surface area contributed by atoms with Gasteiger partial charge in [-0.3, -0.25) is 0 Å². The van der Waals surface area contributed by atoms with Crippen molar-refractivity contribution in [1.82, 2.24) is 0 Å². The predicted molar refractivity (Wildman–Crippen MR) is 132 cm³/mol. The van der Waals surface area contributed by atoms with Crippen LogP contribution in [0.25, 0.3) is 33.4 Å². The fourth-order valence-corrected chi connectivity index (χ4v) is 4.16. The van der Waals surface area contributed by atoms with Gasteiger partial charge in [0, 0.05) is 0 Å². The van der Waals surface area contributed by atoms with E-state index in [1.165, 1.54) is 22.3 Å². The Labute approximate surface area is 186 Å². The van der Waals surface area contributed by atoms with Crippen molar-refractivity contribution in [3.05, 3.63) is 107 Å². The van der Waals surface area contributed by atoms with Gasteiger partial charge in [-0.15, -0.1) is 0 Å². The minimum atomic E-state index is -0.544. The van der Waals surface area contributed by atoms with E-state index in [1.54, 1.807) is 0 Å². The average Bonchev–Trinajstić information content (AvgIpc) is 2.79. The summed E-state index contributed by atoms with van der Waals surface area (Å²) in [6.45, 7) is 8.36. The molecule has 0 unspecified atom stereocenters. The minimum Gasteiger partial charge on any atom is -0.388 e. The molecule has 1 N–H and O–H groups in total. The second kappa shape index (κ2) is 8.91. The summed E-state index contributed by atoms with van der Waals surface area (Å²) in [5.41, 5.74) is 11.5. The lowest BCUT2D eigenvalue weighted by molar-refractivity contribution is 0.175. The highest BCUT2D eigenvalue weighted by Gasteiger charge is 2.22. The van der Waals surface area contributed by atoms with E-state index in [-0.39, 0.29) is 0 Å². The van der Waals surface area contributed by atoms with E-state index in [1.807, 2.05) is 6.92 Å². The Bertz CT molecular complexity index is 1170. The largest absolute Gasteiger partial charge is 0.388 e. The molecule has 0 aromatic heterocycles. The monoisotopic (exact) mass is 406 g/mol. The van der Waals surface area contributed by atoms with E-state index in [0.717, 1.165) is 33.4 Å². The van der Waals surface area contributed by atoms with Gasteiger partial charge in [-0.2, -0.15) is 0 Å². The molecular formula is C30H30O. The summed E-state index contributed by atoms with van der Waals surface area (Å²) in [6.07, 6.45) is 0.118. The molecule has 0 fully saturated rings. The van der Waals surface area contributed by atoms with Gasteiger partial charge in [0.25, 0.3) is 0 Å². The van der Waals surface area contributed by atoms with Crippen molar-refractivity contribution in [2.45, 2.75) is 40.2 Å². The average molecular weight is 407 g/mol. The van der Waals surface area contributed by atoms with Crippen LogP contribution in [0.5, 0.6) is 0 Å². The van der Waals surface area contributed by atoms with Crippen molar-refractivity contribution in [3.63, 3.8) is 0 Å². The molecule has 1 heteroatoms. The third-order valence-electron chi connectivity index (χ3n) is 6.03. The zero-order chi connectivity index (χ0) is 22.0. The van der Waals surface area contributed by atoms with Gasteiger partial charge < -0.3 is 5.11 Å². The van der Waals surface area contributed by atoms with E-state index < -0.39 is 6.10 Å². The van der Waals surface area contributed by atoms with E-state index >= 15 is 0 Å². The van der Waals surface area contributed by atoms with Crippen LogP contribution in [0.3, 0.4) is 0 Å². The van der Waals surface area contributed by atoms with Gasteiger partial charge in [-0.1, -0.05) is 109 Å². The molecule has 0 saturated carbocycles. The lowest BCUT2D eigenvalue weighted by Crippen LogP contribution is -2.04. The molecule has 0 spiro atoms. The Hall–Kier alpha value is -3.16. The highest BCUT2D eigenvalue weighted by Crippen LogP contribution is 2.43. The zero-order valence-corrected chi connectivity index (χ0v) is 18.8. The zero-order valence-electron chi connectivity index (χ0n) is 18.8. The maximum absolute atomic E-state index is 11.2. The first-order valence-corrected chi connectivity index (χ1v) is 11.0. The number of benzene rings is 4. The molecule has 0 aliphatic carbocycles. The molecule has 0 radical (unpaired) electrons. The number of aliphatic hydroxyl groups excluding tert-OH is 1. The number of rotatable bonds is 5. The summed E-state index contributed by atoms with van der Waals surface area (Å²) in [5, 5.41) is 11.2. The first-order chi connectivity index (χ1) is 15.0. The van der Waals surface area contributed by atoms with Gasteiger partial charge >= 0.3 is 0 Å². The molecule has 0 aliphatic rings. The smallest absolute Gasteiger partial charge is 0.0799 e. The van der Waals surface area contributed by atoms with E-state index in [4.69, 9.17) is 0 Å². The highest BCUT2D eigenvalue weighted by molar-refractivity contribution is 5.91. The van der Waals surface area contributed by atoms with Crippen LogP contribution < -0.4 is 0 Å². The van der Waals surface area contributed by atoms with Crippen LogP contribution in [-0.4, -0.2) is 5.11 Å². The first kappa shape index (κ1) is 21.1. The van der Waals surface area contributed by atoms with Gasteiger partial charge in [0.2, 0.25) is 0 Å². The second-order valence-electron chi connectivity index (χ2n) is 8.47. The maximum atomic E-state index is 11.2. The van der Waals surface area contributed by atoms with Crippen molar-refractivity contribution in [3.8, 4) is 33.4 Å². The van der Waals surface area contributed by atoms with Gasteiger partial charge in [0.05, 0.1) is 6.10 Å². The molecular weight excluding hydrogens is 376 g/mol. The molecule has 0 amide bonds. The van der Waals surface area contributed by atoms with Crippen LogP contribution in [0.1, 0.15) is 41.7 Å². The lowest BCUT2D eigenvalue weighted by Gasteiger charge is -2.23. The van der Waals surface area contributed by atoms with Crippen LogP contribution in [0.2, 0.25) is 0 Å². The van der Waals surface area contributed by atoms with Gasteiger partial charge in [0.15, 0.2) is 0 Å². The Morgan fingerprint density at radius 2 is 0.935 bits per heavy atom. The number of aryl methyl sites for hydroxylation is 3. The van der Waals surface area contributed by atoms with Gasteiger partial charge in [-0.05, 0) is 66.1 Å². The molecule has 0 saturated heterocycles. The van der Waals surface area contributed by atoms with E-state index in [2.05, 4.69) is 106 Å². The number of aliphatic hydroxyl groups is 1. The van der Waals surface area contributed by atoms with Gasteiger partial charge in [0.1, 0.15) is 0 Å². The summed E-state index contributed by atoms with van der Waals surface area (Å²) >= 11 is 0. The summed E-state index contributed by atoms with van der Waals surface area (Å²) in [4.78, 5) is 0. The fourth-order valence-electron chi connectivity index (χ4n) is 4.16. The van der Waals surface area contributed by atoms with Crippen molar-refractivity contribution < 1.29 is 5.11 Å². The molecule has 0 heterocycles. The first-order valence-electron chi connectivity index (χ1n) is 11.0. The topological polar surface area (TPSA) is 20.2 Å². The van der Waals surface area contributed by atoms with Crippen LogP contribution in [-0.2, 0) is 0 Å². The molecule has 4 rings (SSSR count). The summed E-state index contributed by atoms with van der Waals surface area (Å²) in [6, 6.07) is 30.3. The Kier molecular flexibility index (Phi) is 6.06. The molecule has 1 nitrogen and oxygen atoms in total. The number of hydrogen-bond donors (Lipinski definition) is 1. The Balaban J connectivity index is 2.06. The summed E-state index contributed by atoms with van der Waals surface area (Å²) in [5.74, 6) is 0. The van der Waals surface area contributed by atoms with Crippen LogP contribution in [0.15, 0.2) is 84.9 Å². The fraction of sp³-hybridized carbons (Fsp3) is 0.200. The Morgan fingerprint density at radius 1 is 0.548 bits per heavy atom. The number of hydrogen-bond acceptors (Lipinski definition) is 1. The van der Waals surface area contributed by atoms with Crippen molar-refractivity contribution in [1.29, 1.82) is 0 Å². The highest BCUT2D eigenvalue weighted by atomic mass is 16.3. The van der Waals surface area contributed by atoms with Crippen LogP contribution >= 0.6 is 0 Å². The molecule has 156 valence electrons. The summed E-state index contributed by atoms with van der Waals surface area (Å²) < 4.78 is 0. The third kappa shape index (κ3) is 4.33. The second-order valence-corrected chi connectivity index (χ2v) is 8.47. The maximum Gasteiger partial charge on any atom is 0.0799 e.